The van der Waals surface area contributed by atoms with Crippen molar-refractivity contribution >= 4 is 35.7 Å². The molecule has 0 N–H and O–H groups in total. The summed E-state index contributed by atoms with van der Waals surface area (Å²) in [4.78, 5) is 81.4. The summed E-state index contributed by atoms with van der Waals surface area (Å²) in [6.07, 6.45) is 8.01. The number of hydrogen-bond donors (Lipinski definition) is 0. The van der Waals surface area contributed by atoms with Gasteiger partial charge in [0.05, 0.1) is 0 Å². The molecule has 6 rings (SSSR count). The number of amides is 2. The summed E-state index contributed by atoms with van der Waals surface area (Å²) in [5.41, 5.74) is 5.02. The van der Waals surface area contributed by atoms with E-state index in [0.717, 1.165) is 71.9 Å². The van der Waals surface area contributed by atoms with Crippen LogP contribution in [0.4, 0.5) is 9.59 Å². The average molecular weight is 783 g/mol. The van der Waals surface area contributed by atoms with Crippen molar-refractivity contribution in [1.29, 1.82) is 0 Å². The van der Waals surface area contributed by atoms with Gasteiger partial charge in [0, 0.05) is 24.2 Å². The number of ketones is 2. The second-order valence-electron chi connectivity index (χ2n) is 17.9. The Morgan fingerprint density at radius 3 is 1.61 bits per heavy atom. The molecule has 304 valence electrons. The molecule has 0 bridgehead atoms. The summed E-state index contributed by atoms with van der Waals surface area (Å²) in [6, 6.07) is 8.86. The number of nitrogens with zero attached hydrogens (tertiary/aromatic N) is 2. The van der Waals surface area contributed by atoms with E-state index in [9.17, 15) is 28.8 Å². The van der Waals surface area contributed by atoms with Crippen LogP contribution in [-0.2, 0) is 41.4 Å². The Hall–Kier alpha value is -5.26. The minimum absolute atomic E-state index is 0.0656. The third-order valence-electron chi connectivity index (χ3n) is 10.8. The first kappa shape index (κ1) is 41.4. The quantitative estimate of drug-likeness (QED) is 0.108. The Kier molecular flexibility index (Phi) is 11.6. The van der Waals surface area contributed by atoms with Gasteiger partial charge in [0.1, 0.15) is 11.2 Å². The zero-order valence-corrected chi connectivity index (χ0v) is 34.3. The SMILES string of the molecule is CC1=C[C@@H](C(=O)OCC(=O)c2ccc(-c3ccc(C(=O)COC(=O)[C@@H]4C=C(C)CN4C(=O)OC(C)(C)C)c4c3CC3(CCCC3)C4)cc2)N(C(=O)OC(C)(C)C)C1. The first-order valence-corrected chi connectivity index (χ1v) is 19.7. The minimum atomic E-state index is -0.981. The number of rotatable bonds is 9. The van der Waals surface area contributed by atoms with Crippen molar-refractivity contribution in [1.82, 2.24) is 9.80 Å². The zero-order valence-electron chi connectivity index (χ0n) is 34.3. The van der Waals surface area contributed by atoms with Crippen LogP contribution in [0.25, 0.3) is 11.1 Å². The third-order valence-corrected chi connectivity index (χ3v) is 10.8. The maximum atomic E-state index is 13.8. The summed E-state index contributed by atoms with van der Waals surface area (Å²) in [5, 5.41) is 0. The molecule has 2 amide bonds. The summed E-state index contributed by atoms with van der Waals surface area (Å²) in [7, 11) is 0. The first-order chi connectivity index (χ1) is 26.7. The molecule has 1 fully saturated rings. The largest absolute Gasteiger partial charge is 0.456 e. The lowest BCUT2D eigenvalue weighted by atomic mass is 9.82. The van der Waals surface area contributed by atoms with E-state index in [1.165, 1.54) is 9.80 Å². The second kappa shape index (κ2) is 15.9. The van der Waals surface area contributed by atoms with Crippen molar-refractivity contribution in [3.05, 3.63) is 82.0 Å². The molecular weight excluding hydrogens is 728 g/mol. The Bertz CT molecular complexity index is 2020. The molecule has 4 aliphatic rings. The molecule has 0 unspecified atom stereocenters. The smallest absolute Gasteiger partial charge is 0.411 e. The number of carbonyl (C=O) groups is 6. The summed E-state index contributed by atoms with van der Waals surface area (Å²) < 4.78 is 21.9. The van der Waals surface area contributed by atoms with Gasteiger partial charge in [-0.05, 0) is 109 Å². The van der Waals surface area contributed by atoms with Gasteiger partial charge in [-0.25, -0.2) is 19.2 Å². The molecule has 0 radical (unpaired) electrons. The molecule has 0 saturated heterocycles. The number of fused-ring (bicyclic) bond motifs is 1. The molecule has 0 aromatic heterocycles. The fourth-order valence-corrected chi connectivity index (χ4v) is 8.31. The highest BCUT2D eigenvalue weighted by atomic mass is 16.6. The standard InChI is InChI=1S/C45H54N2O10/c1-27-19-35(46(23-27)41(52)56-43(3,4)5)39(50)54-25-37(48)30-13-11-29(12-14-30)31-15-16-32(34-22-45(21-33(31)34)17-9-10-18-45)38(49)26-55-40(51)36-20-28(2)24-47(36)42(53)57-44(6,7)8/h11-16,19-20,35-36H,9-10,17-18,21-26H2,1-8H3/t35-,36-/m0/s1. The van der Waals surface area contributed by atoms with Gasteiger partial charge in [-0.2, -0.15) is 0 Å². The molecule has 2 aromatic carbocycles. The average Bonchev–Trinajstić information content (AvgIpc) is 3.93. The van der Waals surface area contributed by atoms with Gasteiger partial charge in [-0.3, -0.25) is 19.4 Å². The molecule has 12 heteroatoms. The summed E-state index contributed by atoms with van der Waals surface area (Å²) in [5.74, 6) is -2.10. The molecule has 2 aliphatic heterocycles. The molecule has 12 nitrogen and oxygen atoms in total. The van der Waals surface area contributed by atoms with Crippen molar-refractivity contribution in [2.75, 3.05) is 26.3 Å². The Morgan fingerprint density at radius 2 is 1.12 bits per heavy atom. The van der Waals surface area contributed by atoms with Crippen LogP contribution in [0.5, 0.6) is 0 Å². The van der Waals surface area contributed by atoms with Crippen LogP contribution >= 0.6 is 0 Å². The third kappa shape index (κ3) is 9.48. The Labute approximate surface area is 334 Å². The molecule has 57 heavy (non-hydrogen) atoms. The number of carbonyl (C=O) groups excluding carboxylic acids is 6. The predicted molar refractivity (Wildman–Crippen MR) is 212 cm³/mol. The van der Waals surface area contributed by atoms with Crippen LogP contribution in [0.1, 0.15) is 113 Å². The van der Waals surface area contributed by atoms with E-state index in [-0.39, 0.29) is 30.1 Å². The van der Waals surface area contributed by atoms with E-state index in [4.69, 9.17) is 18.9 Å². The molecule has 1 saturated carbocycles. The van der Waals surface area contributed by atoms with E-state index in [0.29, 0.717) is 11.1 Å². The zero-order chi connectivity index (χ0) is 41.4. The molecule has 2 atom stereocenters. The number of ether oxygens (including phenoxy) is 4. The first-order valence-electron chi connectivity index (χ1n) is 19.7. The fraction of sp³-hybridized carbons (Fsp3) is 0.511. The van der Waals surface area contributed by atoms with Crippen molar-refractivity contribution in [2.24, 2.45) is 5.41 Å². The normalized spacial score (nSPS) is 19.9. The number of Topliss-reactive ketones (excluding diaryl/α,β-unsaturated/α-hetero) is 2. The van der Waals surface area contributed by atoms with Crippen LogP contribution in [0.2, 0.25) is 0 Å². The number of benzene rings is 2. The van der Waals surface area contributed by atoms with Crippen LogP contribution in [0, 0.1) is 5.41 Å². The Morgan fingerprint density at radius 1 is 0.649 bits per heavy atom. The molecule has 1 spiro atoms. The van der Waals surface area contributed by atoms with Gasteiger partial charge in [0.25, 0.3) is 0 Å². The maximum absolute atomic E-state index is 13.8. The van der Waals surface area contributed by atoms with Crippen LogP contribution in [0.15, 0.2) is 59.7 Å². The molecule has 2 heterocycles. The number of esters is 2. The Balaban J connectivity index is 1.13. The topological polar surface area (TPSA) is 146 Å². The monoisotopic (exact) mass is 782 g/mol. The van der Waals surface area contributed by atoms with Crippen molar-refractivity contribution in [2.45, 2.75) is 117 Å². The van der Waals surface area contributed by atoms with E-state index in [1.807, 2.05) is 32.0 Å². The van der Waals surface area contributed by atoms with Crippen LogP contribution < -0.4 is 0 Å². The van der Waals surface area contributed by atoms with Gasteiger partial charge < -0.3 is 18.9 Å². The van der Waals surface area contributed by atoms with E-state index < -0.39 is 60.6 Å². The lowest BCUT2D eigenvalue weighted by Crippen LogP contribution is -2.44. The maximum Gasteiger partial charge on any atom is 0.411 e. The van der Waals surface area contributed by atoms with Crippen molar-refractivity contribution < 1.29 is 47.7 Å². The predicted octanol–water partition coefficient (Wildman–Crippen LogP) is 7.60. The van der Waals surface area contributed by atoms with Gasteiger partial charge in [-0.15, -0.1) is 0 Å². The van der Waals surface area contributed by atoms with Gasteiger partial charge >= 0.3 is 24.1 Å². The van der Waals surface area contributed by atoms with Gasteiger partial charge in [0.15, 0.2) is 31.1 Å². The van der Waals surface area contributed by atoms with E-state index in [2.05, 4.69) is 0 Å². The minimum Gasteiger partial charge on any atom is -0.456 e. The fourth-order valence-electron chi connectivity index (χ4n) is 8.31. The lowest BCUT2D eigenvalue weighted by molar-refractivity contribution is -0.146. The summed E-state index contributed by atoms with van der Waals surface area (Å²) in [6.45, 7) is 13.6. The lowest BCUT2D eigenvalue weighted by Gasteiger charge is -2.27. The van der Waals surface area contributed by atoms with Crippen molar-refractivity contribution in [3.8, 4) is 11.1 Å². The van der Waals surface area contributed by atoms with Crippen molar-refractivity contribution in [3.63, 3.8) is 0 Å². The van der Waals surface area contributed by atoms with Crippen LogP contribution in [-0.4, -0.2) is 95.1 Å². The van der Waals surface area contributed by atoms with Crippen LogP contribution in [0.3, 0.4) is 0 Å². The molecular formula is C45H54N2O10. The highest BCUT2D eigenvalue weighted by molar-refractivity contribution is 6.01. The van der Waals surface area contributed by atoms with Gasteiger partial charge in [0.2, 0.25) is 5.78 Å². The highest BCUT2D eigenvalue weighted by Crippen LogP contribution is 2.51. The van der Waals surface area contributed by atoms with E-state index in [1.54, 1.807) is 71.9 Å². The second-order valence-corrected chi connectivity index (χ2v) is 17.9. The van der Waals surface area contributed by atoms with Gasteiger partial charge in [-0.1, -0.05) is 72.5 Å². The molecule has 2 aliphatic carbocycles. The molecule has 2 aromatic rings. The summed E-state index contributed by atoms with van der Waals surface area (Å²) >= 11 is 0. The highest BCUT2D eigenvalue weighted by Gasteiger charge is 2.43. The van der Waals surface area contributed by atoms with E-state index >= 15 is 0 Å². The number of hydrogen-bond acceptors (Lipinski definition) is 10.